The van der Waals surface area contributed by atoms with Crippen LogP contribution < -0.4 is 0 Å². The minimum atomic E-state index is -0.691. The second-order valence-corrected chi connectivity index (χ2v) is 3.47. The summed E-state index contributed by atoms with van der Waals surface area (Å²) in [5.41, 5.74) is 0. The maximum atomic E-state index is 10.7. The van der Waals surface area contributed by atoms with Crippen LogP contribution >= 0.6 is 0 Å². The Balaban J connectivity index is 2.67. The van der Waals surface area contributed by atoms with Crippen molar-refractivity contribution in [3.05, 3.63) is 0 Å². The van der Waals surface area contributed by atoms with Gasteiger partial charge in [-0.3, -0.25) is 9.69 Å². The number of rotatable bonds is 1. The van der Waals surface area contributed by atoms with Crippen LogP contribution in [0.4, 0.5) is 0 Å². The third-order valence-electron chi connectivity index (χ3n) is 2.84. The molecule has 1 aliphatic heterocycles. The fraction of sp³-hybridized carbons (Fsp3) is 0.875. The number of carboxylic acids is 1. The van der Waals surface area contributed by atoms with Crippen molar-refractivity contribution < 1.29 is 9.90 Å². The van der Waals surface area contributed by atoms with Crippen LogP contribution in [0.1, 0.15) is 20.3 Å². The van der Waals surface area contributed by atoms with Crippen molar-refractivity contribution in [3.63, 3.8) is 0 Å². The van der Waals surface area contributed by atoms with Crippen LogP contribution in [0, 0.1) is 5.92 Å². The maximum absolute atomic E-state index is 10.7. The zero-order chi connectivity index (χ0) is 8.59. The van der Waals surface area contributed by atoms with Gasteiger partial charge in [-0.2, -0.15) is 0 Å². The number of nitrogens with zero attached hydrogens (tertiary/aromatic N) is 1. The molecule has 3 atom stereocenters. The first-order valence-electron chi connectivity index (χ1n) is 3.98. The topological polar surface area (TPSA) is 40.5 Å². The van der Waals surface area contributed by atoms with Crippen LogP contribution in [-0.2, 0) is 4.79 Å². The molecule has 0 amide bonds. The van der Waals surface area contributed by atoms with E-state index in [9.17, 15) is 4.79 Å². The van der Waals surface area contributed by atoms with Crippen LogP contribution in [0.3, 0.4) is 0 Å². The van der Waals surface area contributed by atoms with Crippen molar-refractivity contribution in [1.29, 1.82) is 0 Å². The summed E-state index contributed by atoms with van der Waals surface area (Å²) in [6, 6.07) is 0.135. The van der Waals surface area contributed by atoms with Gasteiger partial charge in [-0.25, -0.2) is 0 Å². The first kappa shape index (κ1) is 8.53. The van der Waals surface area contributed by atoms with E-state index < -0.39 is 5.97 Å². The summed E-state index contributed by atoms with van der Waals surface area (Å²) in [5, 5.41) is 8.78. The Labute approximate surface area is 67.0 Å². The highest BCUT2D eigenvalue weighted by atomic mass is 16.4. The number of likely N-dealkylation sites (N-methyl/N-ethyl adjacent to an activating group) is 1. The van der Waals surface area contributed by atoms with Crippen LogP contribution in [0.15, 0.2) is 0 Å². The SMILES string of the molecule is CC1C[C@@H](C(=O)O)N(C)C1C. The molecule has 0 aliphatic carbocycles. The molecule has 1 aliphatic rings. The van der Waals surface area contributed by atoms with Gasteiger partial charge in [-0.05, 0) is 26.3 Å². The predicted octanol–water partition coefficient (Wildman–Crippen LogP) is 0.800. The summed E-state index contributed by atoms with van der Waals surface area (Å²) < 4.78 is 0. The third kappa shape index (κ3) is 1.38. The highest BCUT2D eigenvalue weighted by Crippen LogP contribution is 2.27. The number of hydrogen-bond donors (Lipinski definition) is 1. The molecule has 0 aromatic carbocycles. The summed E-state index contributed by atoms with van der Waals surface area (Å²) in [6.07, 6.45) is 0.785. The van der Waals surface area contributed by atoms with E-state index in [0.29, 0.717) is 12.0 Å². The smallest absolute Gasteiger partial charge is 0.320 e. The number of aliphatic carboxylic acids is 1. The highest BCUT2D eigenvalue weighted by molar-refractivity contribution is 5.73. The Morgan fingerprint density at radius 3 is 2.27 bits per heavy atom. The van der Waals surface area contributed by atoms with Gasteiger partial charge in [0.15, 0.2) is 0 Å². The molecule has 0 bridgehead atoms. The number of carboxylic acid groups (broad SMARTS) is 1. The van der Waals surface area contributed by atoms with Crippen LogP contribution in [0.25, 0.3) is 0 Å². The van der Waals surface area contributed by atoms with Crippen molar-refractivity contribution in [2.75, 3.05) is 7.05 Å². The van der Waals surface area contributed by atoms with Crippen LogP contribution in [0.2, 0.25) is 0 Å². The standard InChI is InChI=1S/C8H15NO2/c1-5-4-7(8(10)11)9(3)6(5)2/h5-7H,4H2,1-3H3,(H,10,11)/t5?,6?,7-/m0/s1. The Morgan fingerprint density at radius 1 is 1.55 bits per heavy atom. The summed E-state index contributed by atoms with van der Waals surface area (Å²) in [6.45, 7) is 4.18. The molecule has 0 saturated carbocycles. The molecule has 2 unspecified atom stereocenters. The van der Waals surface area contributed by atoms with E-state index in [0.717, 1.165) is 6.42 Å². The van der Waals surface area contributed by atoms with E-state index in [2.05, 4.69) is 13.8 Å². The minimum Gasteiger partial charge on any atom is -0.480 e. The fourth-order valence-corrected chi connectivity index (χ4v) is 1.68. The van der Waals surface area contributed by atoms with Gasteiger partial charge in [0.1, 0.15) is 6.04 Å². The van der Waals surface area contributed by atoms with E-state index >= 15 is 0 Å². The van der Waals surface area contributed by atoms with E-state index in [-0.39, 0.29) is 6.04 Å². The molecule has 3 heteroatoms. The molecule has 1 fully saturated rings. The van der Waals surface area contributed by atoms with E-state index in [1.165, 1.54) is 0 Å². The fourth-order valence-electron chi connectivity index (χ4n) is 1.68. The van der Waals surface area contributed by atoms with E-state index in [4.69, 9.17) is 5.11 Å². The molecule has 0 spiro atoms. The number of carbonyl (C=O) groups is 1. The van der Waals surface area contributed by atoms with Gasteiger partial charge >= 0.3 is 5.97 Å². The van der Waals surface area contributed by atoms with Crippen molar-refractivity contribution in [2.45, 2.75) is 32.4 Å². The molecule has 1 N–H and O–H groups in total. The lowest BCUT2D eigenvalue weighted by atomic mass is 10.0. The number of hydrogen-bond acceptors (Lipinski definition) is 2. The van der Waals surface area contributed by atoms with Gasteiger partial charge in [0, 0.05) is 6.04 Å². The average Bonchev–Trinajstić information content (AvgIpc) is 2.17. The molecular weight excluding hydrogens is 142 g/mol. The van der Waals surface area contributed by atoms with Crippen molar-refractivity contribution >= 4 is 5.97 Å². The lowest BCUT2D eigenvalue weighted by Gasteiger charge is -2.20. The summed E-state index contributed by atoms with van der Waals surface area (Å²) in [5.74, 6) is -0.190. The summed E-state index contributed by atoms with van der Waals surface area (Å²) >= 11 is 0. The minimum absolute atomic E-state index is 0.264. The largest absolute Gasteiger partial charge is 0.480 e. The molecule has 11 heavy (non-hydrogen) atoms. The Bertz CT molecular complexity index is 169. The molecule has 0 aromatic rings. The first-order chi connectivity index (χ1) is 5.04. The third-order valence-corrected chi connectivity index (χ3v) is 2.84. The molecule has 1 saturated heterocycles. The monoisotopic (exact) mass is 157 g/mol. The second-order valence-electron chi connectivity index (χ2n) is 3.47. The second kappa shape index (κ2) is 2.81. The molecule has 0 radical (unpaired) electrons. The highest BCUT2D eigenvalue weighted by Gasteiger charge is 2.37. The Hall–Kier alpha value is -0.570. The summed E-state index contributed by atoms with van der Waals surface area (Å²) in [4.78, 5) is 12.6. The van der Waals surface area contributed by atoms with Gasteiger partial charge in [-0.1, -0.05) is 6.92 Å². The number of likely N-dealkylation sites (tertiary alicyclic amines) is 1. The lowest BCUT2D eigenvalue weighted by molar-refractivity contribution is -0.142. The van der Waals surface area contributed by atoms with E-state index in [1.54, 1.807) is 0 Å². The van der Waals surface area contributed by atoms with Crippen LogP contribution in [-0.4, -0.2) is 35.1 Å². The Kier molecular flexibility index (Phi) is 2.18. The van der Waals surface area contributed by atoms with Gasteiger partial charge in [-0.15, -0.1) is 0 Å². The van der Waals surface area contributed by atoms with Gasteiger partial charge in [0.2, 0.25) is 0 Å². The zero-order valence-corrected chi connectivity index (χ0v) is 7.24. The van der Waals surface area contributed by atoms with Gasteiger partial charge in [0.05, 0.1) is 0 Å². The molecule has 1 rings (SSSR count). The normalized spacial score (nSPS) is 39.4. The molecule has 0 aromatic heterocycles. The molecule has 64 valence electrons. The summed E-state index contributed by atoms with van der Waals surface area (Å²) in [7, 11) is 1.88. The molecule has 1 heterocycles. The van der Waals surface area contributed by atoms with Crippen LogP contribution in [0.5, 0.6) is 0 Å². The van der Waals surface area contributed by atoms with Gasteiger partial charge < -0.3 is 5.11 Å². The predicted molar refractivity (Wildman–Crippen MR) is 42.4 cm³/mol. The van der Waals surface area contributed by atoms with Gasteiger partial charge in [0.25, 0.3) is 0 Å². The van der Waals surface area contributed by atoms with E-state index in [1.807, 2.05) is 11.9 Å². The van der Waals surface area contributed by atoms with Crippen molar-refractivity contribution in [3.8, 4) is 0 Å². The Morgan fingerprint density at radius 2 is 2.09 bits per heavy atom. The van der Waals surface area contributed by atoms with Crippen molar-refractivity contribution in [2.24, 2.45) is 5.92 Å². The lowest BCUT2D eigenvalue weighted by Crippen LogP contribution is -2.36. The maximum Gasteiger partial charge on any atom is 0.320 e. The molecular formula is C8H15NO2. The average molecular weight is 157 g/mol. The first-order valence-corrected chi connectivity index (χ1v) is 3.98. The van der Waals surface area contributed by atoms with Crippen molar-refractivity contribution in [1.82, 2.24) is 4.90 Å². The quantitative estimate of drug-likeness (QED) is 0.612. The molecule has 3 nitrogen and oxygen atoms in total. The zero-order valence-electron chi connectivity index (χ0n) is 7.24.